The number of nitrogens with one attached hydrogen (secondary N) is 1. The van der Waals surface area contributed by atoms with E-state index in [1.165, 1.54) is 0 Å². The molecular formula is C11H15N3O. The first-order valence-corrected chi connectivity index (χ1v) is 5.11. The van der Waals surface area contributed by atoms with Crippen LogP contribution in [0.15, 0.2) is 22.6 Å². The molecule has 3 N–H and O–H groups in total. The van der Waals surface area contributed by atoms with Gasteiger partial charge in [-0.1, -0.05) is 0 Å². The Morgan fingerprint density at radius 3 is 3.13 bits per heavy atom. The summed E-state index contributed by atoms with van der Waals surface area (Å²) < 4.78 is 5.44. The maximum atomic E-state index is 5.44. The Morgan fingerprint density at radius 2 is 2.33 bits per heavy atom. The van der Waals surface area contributed by atoms with Gasteiger partial charge in [0.25, 0.3) is 0 Å². The first kappa shape index (κ1) is 9.98. The first-order valence-electron chi connectivity index (χ1n) is 5.11. The summed E-state index contributed by atoms with van der Waals surface area (Å²) in [5.74, 6) is 0.698. The second kappa shape index (κ2) is 4.31. The third-order valence-corrected chi connectivity index (χ3v) is 2.21. The summed E-state index contributed by atoms with van der Waals surface area (Å²) in [6.07, 6.45) is 0.966. The zero-order valence-corrected chi connectivity index (χ0v) is 8.79. The molecule has 2 aromatic rings. The van der Waals surface area contributed by atoms with Gasteiger partial charge in [0.05, 0.1) is 0 Å². The minimum absolute atomic E-state index is 0.698. The molecule has 0 unspecified atom stereocenters. The molecule has 0 saturated carbocycles. The molecule has 0 saturated heterocycles. The monoisotopic (exact) mass is 205 g/mol. The number of aromatic nitrogens is 1. The van der Waals surface area contributed by atoms with Gasteiger partial charge in [-0.3, -0.25) is 0 Å². The number of anilines is 1. The molecule has 0 bridgehead atoms. The van der Waals surface area contributed by atoms with E-state index in [-0.39, 0.29) is 0 Å². The van der Waals surface area contributed by atoms with Crippen LogP contribution in [-0.2, 0) is 0 Å². The zero-order valence-electron chi connectivity index (χ0n) is 8.79. The van der Waals surface area contributed by atoms with E-state index in [9.17, 15) is 0 Å². The maximum absolute atomic E-state index is 5.44. The number of fused-ring (bicyclic) bond motifs is 1. The van der Waals surface area contributed by atoms with Gasteiger partial charge in [0.2, 0.25) is 0 Å². The third kappa shape index (κ3) is 2.27. The Balaban J connectivity index is 2.15. The highest BCUT2D eigenvalue weighted by Gasteiger charge is 2.02. The van der Waals surface area contributed by atoms with E-state index in [2.05, 4.69) is 10.3 Å². The quantitative estimate of drug-likeness (QED) is 0.748. The molecule has 15 heavy (non-hydrogen) atoms. The lowest BCUT2D eigenvalue weighted by molar-refractivity contribution is 0.561. The van der Waals surface area contributed by atoms with E-state index in [4.69, 9.17) is 10.2 Å². The highest BCUT2D eigenvalue weighted by molar-refractivity contribution is 5.77. The summed E-state index contributed by atoms with van der Waals surface area (Å²) in [4.78, 5) is 4.24. The number of oxazole rings is 1. The van der Waals surface area contributed by atoms with Crippen LogP contribution in [0.3, 0.4) is 0 Å². The topological polar surface area (TPSA) is 64.1 Å². The molecule has 1 aromatic heterocycles. The van der Waals surface area contributed by atoms with Gasteiger partial charge in [-0.25, -0.2) is 4.98 Å². The van der Waals surface area contributed by atoms with Crippen LogP contribution < -0.4 is 11.1 Å². The standard InChI is InChI=1S/C11H15N3O/c1-8-14-10-4-3-9(7-11(10)15-8)13-6-2-5-12/h3-4,7,13H,2,5-6,12H2,1H3. The van der Waals surface area contributed by atoms with Gasteiger partial charge >= 0.3 is 0 Å². The molecule has 0 atom stereocenters. The largest absolute Gasteiger partial charge is 0.441 e. The molecule has 0 spiro atoms. The molecular weight excluding hydrogens is 190 g/mol. The highest BCUT2D eigenvalue weighted by Crippen LogP contribution is 2.19. The minimum Gasteiger partial charge on any atom is -0.441 e. The lowest BCUT2D eigenvalue weighted by Crippen LogP contribution is -2.08. The maximum Gasteiger partial charge on any atom is 0.192 e. The van der Waals surface area contributed by atoms with Crippen molar-refractivity contribution in [1.29, 1.82) is 0 Å². The average molecular weight is 205 g/mol. The van der Waals surface area contributed by atoms with Crippen molar-refractivity contribution in [3.8, 4) is 0 Å². The van der Waals surface area contributed by atoms with E-state index >= 15 is 0 Å². The van der Waals surface area contributed by atoms with E-state index in [1.807, 2.05) is 25.1 Å². The Bertz CT molecular complexity index is 450. The lowest BCUT2D eigenvalue weighted by Gasteiger charge is -2.03. The molecule has 0 radical (unpaired) electrons. The fourth-order valence-corrected chi connectivity index (χ4v) is 1.48. The van der Waals surface area contributed by atoms with Crippen molar-refractivity contribution in [1.82, 2.24) is 4.98 Å². The summed E-state index contributed by atoms with van der Waals surface area (Å²) in [5, 5.41) is 3.28. The normalized spacial score (nSPS) is 10.8. The summed E-state index contributed by atoms with van der Waals surface area (Å²) >= 11 is 0. The van der Waals surface area contributed by atoms with Crippen molar-refractivity contribution in [3.05, 3.63) is 24.1 Å². The van der Waals surface area contributed by atoms with Crippen LogP contribution >= 0.6 is 0 Å². The van der Waals surface area contributed by atoms with Gasteiger partial charge < -0.3 is 15.5 Å². The predicted molar refractivity (Wildman–Crippen MR) is 60.9 cm³/mol. The third-order valence-electron chi connectivity index (χ3n) is 2.21. The molecule has 0 aliphatic rings. The summed E-state index contributed by atoms with van der Waals surface area (Å²) in [6, 6.07) is 5.92. The van der Waals surface area contributed by atoms with Crippen molar-refractivity contribution in [2.45, 2.75) is 13.3 Å². The Labute approximate surface area is 88.5 Å². The van der Waals surface area contributed by atoms with Crippen LogP contribution in [0, 0.1) is 6.92 Å². The van der Waals surface area contributed by atoms with E-state index in [0.717, 1.165) is 29.8 Å². The smallest absolute Gasteiger partial charge is 0.192 e. The Hall–Kier alpha value is -1.55. The molecule has 4 nitrogen and oxygen atoms in total. The summed E-state index contributed by atoms with van der Waals surface area (Å²) in [5.41, 5.74) is 8.19. The Morgan fingerprint density at radius 1 is 1.47 bits per heavy atom. The van der Waals surface area contributed by atoms with Gasteiger partial charge in [-0.2, -0.15) is 0 Å². The number of benzene rings is 1. The van der Waals surface area contributed by atoms with Crippen LogP contribution in [0.1, 0.15) is 12.3 Å². The number of rotatable bonds is 4. The molecule has 1 heterocycles. The van der Waals surface area contributed by atoms with Crippen molar-refractivity contribution in [2.75, 3.05) is 18.4 Å². The highest BCUT2D eigenvalue weighted by atomic mass is 16.3. The molecule has 80 valence electrons. The molecule has 0 fully saturated rings. The van der Waals surface area contributed by atoms with Crippen molar-refractivity contribution < 1.29 is 4.42 Å². The molecule has 0 amide bonds. The van der Waals surface area contributed by atoms with Gasteiger partial charge in [0, 0.05) is 25.2 Å². The van der Waals surface area contributed by atoms with Gasteiger partial charge in [-0.15, -0.1) is 0 Å². The molecule has 4 heteroatoms. The number of hydrogen-bond acceptors (Lipinski definition) is 4. The van der Waals surface area contributed by atoms with Gasteiger partial charge in [-0.05, 0) is 25.1 Å². The fourth-order valence-electron chi connectivity index (χ4n) is 1.48. The van der Waals surface area contributed by atoms with Crippen LogP contribution in [0.25, 0.3) is 11.1 Å². The lowest BCUT2D eigenvalue weighted by atomic mass is 10.3. The van der Waals surface area contributed by atoms with Crippen molar-refractivity contribution in [2.24, 2.45) is 5.73 Å². The molecule has 0 aliphatic heterocycles. The Kier molecular flexibility index (Phi) is 2.87. The second-order valence-corrected chi connectivity index (χ2v) is 3.48. The van der Waals surface area contributed by atoms with E-state index in [0.29, 0.717) is 12.4 Å². The van der Waals surface area contributed by atoms with Crippen molar-refractivity contribution >= 4 is 16.8 Å². The van der Waals surface area contributed by atoms with Crippen LogP contribution in [0.2, 0.25) is 0 Å². The van der Waals surface area contributed by atoms with E-state index in [1.54, 1.807) is 0 Å². The summed E-state index contributed by atoms with van der Waals surface area (Å²) in [6.45, 7) is 3.44. The number of nitrogens with two attached hydrogens (primary N) is 1. The molecule has 0 aliphatic carbocycles. The van der Waals surface area contributed by atoms with E-state index < -0.39 is 0 Å². The van der Waals surface area contributed by atoms with Crippen LogP contribution in [0.5, 0.6) is 0 Å². The van der Waals surface area contributed by atoms with Gasteiger partial charge in [0.1, 0.15) is 5.52 Å². The first-order chi connectivity index (χ1) is 7.29. The average Bonchev–Trinajstić information content (AvgIpc) is 2.57. The second-order valence-electron chi connectivity index (χ2n) is 3.48. The summed E-state index contributed by atoms with van der Waals surface area (Å²) in [7, 11) is 0. The van der Waals surface area contributed by atoms with Gasteiger partial charge in [0.15, 0.2) is 11.5 Å². The molecule has 1 aromatic carbocycles. The van der Waals surface area contributed by atoms with Crippen molar-refractivity contribution in [3.63, 3.8) is 0 Å². The minimum atomic E-state index is 0.698. The zero-order chi connectivity index (χ0) is 10.7. The number of hydrogen-bond donors (Lipinski definition) is 2. The number of aryl methyl sites for hydroxylation is 1. The predicted octanol–water partition coefficient (Wildman–Crippen LogP) is 1.90. The van der Waals surface area contributed by atoms with Crippen LogP contribution in [0.4, 0.5) is 5.69 Å². The fraction of sp³-hybridized carbons (Fsp3) is 0.364. The SMILES string of the molecule is Cc1nc2ccc(NCCCN)cc2o1. The van der Waals surface area contributed by atoms with Crippen LogP contribution in [-0.4, -0.2) is 18.1 Å². The number of nitrogens with zero attached hydrogens (tertiary/aromatic N) is 1. The molecule has 2 rings (SSSR count).